The van der Waals surface area contributed by atoms with E-state index >= 15 is 0 Å². The summed E-state index contributed by atoms with van der Waals surface area (Å²) in [5, 5.41) is 0. The van der Waals surface area contributed by atoms with E-state index in [1.165, 1.54) is 63.8 Å². The van der Waals surface area contributed by atoms with Crippen LogP contribution in [0.2, 0.25) is 0 Å². The first kappa shape index (κ1) is 18.6. The summed E-state index contributed by atoms with van der Waals surface area (Å²) in [5.74, 6) is 1.45. The summed E-state index contributed by atoms with van der Waals surface area (Å²) in [5.41, 5.74) is 11.8. The van der Waals surface area contributed by atoms with Crippen molar-refractivity contribution in [2.75, 3.05) is 0 Å². The molecule has 2 aliphatic carbocycles. The second kappa shape index (κ2) is 7.54. The topological polar surface area (TPSA) is 0 Å². The third-order valence-electron chi connectivity index (χ3n) is 7.51. The quantitative estimate of drug-likeness (QED) is 0.315. The summed E-state index contributed by atoms with van der Waals surface area (Å²) in [6, 6.07) is 36.5. The molecule has 152 valence electrons. The summed E-state index contributed by atoms with van der Waals surface area (Å²) in [6.07, 6.45) is 3.76. The van der Waals surface area contributed by atoms with Crippen molar-refractivity contribution >= 4 is 0 Å². The molecule has 4 aromatic rings. The van der Waals surface area contributed by atoms with Gasteiger partial charge in [-0.15, -0.1) is 0 Å². The Hall–Kier alpha value is -3.12. The van der Waals surface area contributed by atoms with Crippen LogP contribution in [0.15, 0.2) is 97.1 Å². The van der Waals surface area contributed by atoms with Gasteiger partial charge in [0.05, 0.1) is 0 Å². The minimum absolute atomic E-state index is 0.447. The predicted octanol–water partition coefficient (Wildman–Crippen LogP) is 8.42. The summed E-state index contributed by atoms with van der Waals surface area (Å²) in [7, 11) is 0. The van der Waals surface area contributed by atoms with Crippen LogP contribution >= 0.6 is 0 Å². The number of unbranched alkanes of at least 4 members (excludes halogenated alkanes) is 1. The molecular weight excluding hydrogens is 372 g/mol. The van der Waals surface area contributed by atoms with Crippen LogP contribution in [0.4, 0.5) is 0 Å². The van der Waals surface area contributed by atoms with E-state index in [0.29, 0.717) is 17.8 Å². The third kappa shape index (κ3) is 2.82. The maximum Gasteiger partial charge on any atom is 0.0139 e. The Labute approximate surface area is 185 Å². The van der Waals surface area contributed by atoms with Crippen molar-refractivity contribution in [3.8, 4) is 22.3 Å². The molecule has 0 aromatic heterocycles. The van der Waals surface area contributed by atoms with E-state index in [1.54, 1.807) is 0 Å². The van der Waals surface area contributed by atoms with Crippen LogP contribution in [0.3, 0.4) is 0 Å². The van der Waals surface area contributed by atoms with Crippen LogP contribution in [0, 0.1) is 5.92 Å². The molecule has 0 heteroatoms. The maximum absolute atomic E-state index is 2.38. The third-order valence-corrected chi connectivity index (χ3v) is 7.51. The molecule has 0 unspecified atom stereocenters. The lowest BCUT2D eigenvalue weighted by molar-refractivity contribution is 0.384. The van der Waals surface area contributed by atoms with E-state index < -0.39 is 0 Å². The van der Waals surface area contributed by atoms with Crippen LogP contribution in [0.25, 0.3) is 22.3 Å². The summed E-state index contributed by atoms with van der Waals surface area (Å²) >= 11 is 0. The van der Waals surface area contributed by atoms with Crippen molar-refractivity contribution in [2.45, 2.75) is 38.0 Å². The van der Waals surface area contributed by atoms with E-state index in [9.17, 15) is 0 Å². The number of fused-ring (bicyclic) bond motifs is 6. The van der Waals surface area contributed by atoms with Crippen LogP contribution < -0.4 is 0 Å². The molecule has 0 spiro atoms. The lowest BCUT2D eigenvalue weighted by Crippen LogP contribution is -2.20. The zero-order valence-corrected chi connectivity index (χ0v) is 18.1. The number of hydrogen-bond donors (Lipinski definition) is 0. The smallest absolute Gasteiger partial charge is 0.0139 e. The standard InChI is InChI=1S/C31H28/c1-2-3-12-29(30-25-17-8-4-13-21(25)22-14-5-9-18-26(22)30)31-27-19-10-6-15-23(27)24-16-7-11-20-28(24)31/h4-11,13-20,29-31H,2-3,12H2,1H3. The summed E-state index contributed by atoms with van der Waals surface area (Å²) in [4.78, 5) is 0. The van der Waals surface area contributed by atoms with Gasteiger partial charge < -0.3 is 0 Å². The molecule has 0 fully saturated rings. The first-order valence-corrected chi connectivity index (χ1v) is 11.7. The molecule has 0 N–H and O–H groups in total. The van der Waals surface area contributed by atoms with Gasteiger partial charge in [-0.1, -0.05) is 117 Å². The lowest BCUT2D eigenvalue weighted by Gasteiger charge is -2.32. The van der Waals surface area contributed by atoms with Crippen molar-refractivity contribution in [3.05, 3.63) is 119 Å². The van der Waals surface area contributed by atoms with Gasteiger partial charge in [0.1, 0.15) is 0 Å². The van der Waals surface area contributed by atoms with E-state index in [2.05, 4.69) is 104 Å². The summed E-state index contributed by atoms with van der Waals surface area (Å²) in [6.45, 7) is 2.32. The molecule has 6 rings (SSSR count). The summed E-state index contributed by atoms with van der Waals surface area (Å²) < 4.78 is 0. The van der Waals surface area contributed by atoms with Crippen LogP contribution in [0.1, 0.15) is 60.3 Å². The van der Waals surface area contributed by atoms with Gasteiger partial charge in [-0.25, -0.2) is 0 Å². The average Bonchev–Trinajstić information content (AvgIpc) is 3.34. The minimum Gasteiger partial charge on any atom is -0.0654 e. The molecular formula is C31H28. The second-order valence-electron chi connectivity index (χ2n) is 9.11. The molecule has 0 saturated carbocycles. The second-order valence-corrected chi connectivity index (χ2v) is 9.11. The Morgan fingerprint density at radius 3 is 1.16 bits per heavy atom. The van der Waals surface area contributed by atoms with E-state index in [4.69, 9.17) is 0 Å². The molecule has 2 aliphatic rings. The average molecular weight is 401 g/mol. The first-order valence-electron chi connectivity index (χ1n) is 11.7. The fourth-order valence-electron chi connectivity index (χ4n) is 6.28. The zero-order chi connectivity index (χ0) is 20.8. The molecule has 0 saturated heterocycles. The molecule has 0 aliphatic heterocycles. The normalized spacial score (nSPS) is 14.4. The van der Waals surface area contributed by atoms with Gasteiger partial charge in [0.15, 0.2) is 0 Å². The minimum atomic E-state index is 0.447. The molecule has 0 nitrogen and oxygen atoms in total. The molecule has 4 aromatic carbocycles. The first-order chi connectivity index (χ1) is 15.4. The van der Waals surface area contributed by atoms with Crippen LogP contribution in [0.5, 0.6) is 0 Å². The van der Waals surface area contributed by atoms with Gasteiger partial charge in [-0.05, 0) is 56.8 Å². The zero-order valence-electron chi connectivity index (χ0n) is 18.1. The Bertz CT molecular complexity index is 1060. The molecule has 0 heterocycles. The Morgan fingerprint density at radius 1 is 0.516 bits per heavy atom. The SMILES string of the molecule is CCCCC(C1c2ccccc2-c2ccccc21)C1c2ccccc2-c2ccccc21. The van der Waals surface area contributed by atoms with Crippen molar-refractivity contribution < 1.29 is 0 Å². The van der Waals surface area contributed by atoms with E-state index in [-0.39, 0.29) is 0 Å². The number of benzene rings is 4. The fraction of sp³-hybridized carbons (Fsp3) is 0.226. The Kier molecular flexibility index (Phi) is 4.53. The molecule has 0 atom stereocenters. The van der Waals surface area contributed by atoms with Gasteiger partial charge in [0.25, 0.3) is 0 Å². The lowest BCUT2D eigenvalue weighted by atomic mass is 9.71. The number of rotatable bonds is 5. The van der Waals surface area contributed by atoms with Gasteiger partial charge in [0, 0.05) is 11.8 Å². The number of hydrogen-bond acceptors (Lipinski definition) is 0. The van der Waals surface area contributed by atoms with Gasteiger partial charge >= 0.3 is 0 Å². The van der Waals surface area contributed by atoms with Crippen molar-refractivity contribution in [3.63, 3.8) is 0 Å². The highest BCUT2D eigenvalue weighted by atomic mass is 14.4. The molecule has 0 bridgehead atoms. The van der Waals surface area contributed by atoms with Gasteiger partial charge in [-0.3, -0.25) is 0 Å². The van der Waals surface area contributed by atoms with Gasteiger partial charge in [-0.2, -0.15) is 0 Å². The van der Waals surface area contributed by atoms with Crippen LogP contribution in [-0.2, 0) is 0 Å². The molecule has 0 radical (unpaired) electrons. The van der Waals surface area contributed by atoms with Gasteiger partial charge in [0.2, 0.25) is 0 Å². The Balaban J connectivity index is 1.57. The van der Waals surface area contributed by atoms with E-state index in [1.807, 2.05) is 0 Å². The fourth-order valence-corrected chi connectivity index (χ4v) is 6.28. The molecule has 0 amide bonds. The highest BCUT2D eigenvalue weighted by Crippen LogP contribution is 2.57. The maximum atomic E-state index is 2.38. The largest absolute Gasteiger partial charge is 0.0654 e. The Morgan fingerprint density at radius 2 is 0.839 bits per heavy atom. The highest BCUT2D eigenvalue weighted by molar-refractivity contribution is 5.81. The predicted molar refractivity (Wildman–Crippen MR) is 130 cm³/mol. The highest BCUT2D eigenvalue weighted by Gasteiger charge is 2.42. The van der Waals surface area contributed by atoms with E-state index in [0.717, 1.165) is 0 Å². The molecule has 31 heavy (non-hydrogen) atoms. The van der Waals surface area contributed by atoms with Crippen molar-refractivity contribution in [2.24, 2.45) is 5.92 Å². The van der Waals surface area contributed by atoms with Crippen molar-refractivity contribution in [1.82, 2.24) is 0 Å². The van der Waals surface area contributed by atoms with Crippen molar-refractivity contribution in [1.29, 1.82) is 0 Å². The van der Waals surface area contributed by atoms with Crippen LogP contribution in [-0.4, -0.2) is 0 Å². The monoisotopic (exact) mass is 400 g/mol.